The van der Waals surface area contributed by atoms with Crippen molar-refractivity contribution in [2.45, 2.75) is 36.8 Å². The number of nitrogen functional groups attached to an aromatic ring is 1. The molecule has 0 radical (unpaired) electrons. The topological polar surface area (TPSA) is 52.0 Å². The van der Waals surface area contributed by atoms with Crippen LogP contribution in [0.1, 0.15) is 32.4 Å². The molecule has 3 nitrogen and oxygen atoms in total. The Labute approximate surface area is 126 Å². The molecule has 0 spiro atoms. The summed E-state index contributed by atoms with van der Waals surface area (Å²) in [6.45, 7) is 6.32. The summed E-state index contributed by atoms with van der Waals surface area (Å²) in [5.41, 5.74) is 6.70. The van der Waals surface area contributed by atoms with Crippen LogP contribution in [0.3, 0.4) is 0 Å². The number of rotatable bonds is 3. The summed E-state index contributed by atoms with van der Waals surface area (Å²) in [7, 11) is 0. The van der Waals surface area contributed by atoms with E-state index in [2.05, 4.69) is 41.7 Å². The Morgan fingerprint density at radius 3 is 2.74 bits per heavy atom. The SMILES string of the molecule is CC(C)(C)c1cnc(CSc2cc(Br)ccc2N)o1. The van der Waals surface area contributed by atoms with Crippen LogP contribution in [0, 0.1) is 0 Å². The zero-order valence-corrected chi connectivity index (χ0v) is 13.6. The molecule has 2 rings (SSSR count). The van der Waals surface area contributed by atoms with E-state index in [1.54, 1.807) is 18.0 Å². The number of nitrogens with zero attached hydrogens (tertiary/aromatic N) is 1. The predicted octanol–water partition coefficient (Wildman–Crippen LogP) is 4.61. The molecule has 2 N–H and O–H groups in total. The van der Waals surface area contributed by atoms with Gasteiger partial charge in [0, 0.05) is 20.5 Å². The molecule has 0 saturated heterocycles. The minimum atomic E-state index is -0.00921. The van der Waals surface area contributed by atoms with E-state index in [1.807, 2.05) is 18.2 Å². The Morgan fingerprint density at radius 1 is 1.37 bits per heavy atom. The molecule has 0 atom stereocenters. The number of aromatic nitrogens is 1. The van der Waals surface area contributed by atoms with E-state index >= 15 is 0 Å². The van der Waals surface area contributed by atoms with E-state index in [9.17, 15) is 0 Å². The second kappa shape index (κ2) is 5.59. The third-order valence-electron chi connectivity index (χ3n) is 2.62. The lowest BCUT2D eigenvalue weighted by Gasteiger charge is -2.13. The van der Waals surface area contributed by atoms with Crippen molar-refractivity contribution in [3.63, 3.8) is 0 Å². The van der Waals surface area contributed by atoms with Gasteiger partial charge >= 0.3 is 0 Å². The van der Waals surface area contributed by atoms with Gasteiger partial charge < -0.3 is 10.2 Å². The number of hydrogen-bond donors (Lipinski definition) is 1. The Bertz CT molecular complexity index is 575. The number of thioether (sulfide) groups is 1. The smallest absolute Gasteiger partial charge is 0.204 e. The standard InChI is InChI=1S/C14H17BrN2OS/c1-14(2,3)12-7-17-13(18-12)8-19-11-6-9(15)4-5-10(11)16/h4-7H,8,16H2,1-3H3. The van der Waals surface area contributed by atoms with E-state index in [0.29, 0.717) is 5.75 Å². The van der Waals surface area contributed by atoms with Gasteiger partial charge in [0.15, 0.2) is 0 Å². The van der Waals surface area contributed by atoms with E-state index in [1.165, 1.54) is 0 Å². The zero-order chi connectivity index (χ0) is 14.0. The highest BCUT2D eigenvalue weighted by atomic mass is 79.9. The van der Waals surface area contributed by atoms with Crippen LogP contribution in [0.15, 0.2) is 38.2 Å². The molecule has 1 aromatic carbocycles. The first-order valence-electron chi connectivity index (χ1n) is 5.99. The molecule has 0 fully saturated rings. The average Bonchev–Trinajstić information content (AvgIpc) is 2.79. The maximum Gasteiger partial charge on any atom is 0.204 e. The van der Waals surface area contributed by atoms with Crippen molar-refractivity contribution in [1.82, 2.24) is 4.98 Å². The molecular formula is C14H17BrN2OS. The van der Waals surface area contributed by atoms with Crippen molar-refractivity contribution >= 4 is 33.4 Å². The van der Waals surface area contributed by atoms with Crippen LogP contribution < -0.4 is 5.73 Å². The second-order valence-electron chi connectivity index (χ2n) is 5.34. The quantitative estimate of drug-likeness (QED) is 0.654. The lowest BCUT2D eigenvalue weighted by molar-refractivity contribution is 0.391. The molecule has 0 saturated carbocycles. The van der Waals surface area contributed by atoms with Crippen molar-refractivity contribution in [3.05, 3.63) is 40.5 Å². The number of nitrogens with two attached hydrogens (primary N) is 1. The van der Waals surface area contributed by atoms with Crippen LogP contribution >= 0.6 is 27.7 Å². The molecule has 2 aromatic rings. The van der Waals surface area contributed by atoms with Gasteiger partial charge in [-0.1, -0.05) is 36.7 Å². The third kappa shape index (κ3) is 3.76. The van der Waals surface area contributed by atoms with Gasteiger partial charge in [-0.15, -0.1) is 11.8 Å². The molecule has 0 aliphatic carbocycles. The monoisotopic (exact) mass is 340 g/mol. The first-order chi connectivity index (χ1) is 8.86. The van der Waals surface area contributed by atoms with Gasteiger partial charge in [-0.3, -0.25) is 0 Å². The minimum absolute atomic E-state index is 0.00921. The zero-order valence-electron chi connectivity index (χ0n) is 11.2. The Hall–Kier alpha value is -0.940. The fourth-order valence-corrected chi connectivity index (χ4v) is 2.87. The van der Waals surface area contributed by atoms with Gasteiger partial charge in [0.05, 0.1) is 11.9 Å². The van der Waals surface area contributed by atoms with Crippen molar-refractivity contribution in [2.75, 3.05) is 5.73 Å². The van der Waals surface area contributed by atoms with Gasteiger partial charge in [-0.25, -0.2) is 4.98 Å². The molecule has 0 aliphatic rings. The number of hydrogen-bond acceptors (Lipinski definition) is 4. The third-order valence-corrected chi connectivity index (χ3v) is 4.17. The van der Waals surface area contributed by atoms with Crippen molar-refractivity contribution in [2.24, 2.45) is 0 Å². The number of anilines is 1. The van der Waals surface area contributed by atoms with E-state index in [-0.39, 0.29) is 5.41 Å². The molecule has 0 amide bonds. The molecule has 5 heteroatoms. The van der Waals surface area contributed by atoms with E-state index in [0.717, 1.165) is 26.7 Å². The number of benzene rings is 1. The largest absolute Gasteiger partial charge is 0.444 e. The molecule has 1 heterocycles. The summed E-state index contributed by atoms with van der Waals surface area (Å²) in [6, 6.07) is 5.83. The van der Waals surface area contributed by atoms with E-state index in [4.69, 9.17) is 10.2 Å². The van der Waals surface area contributed by atoms with Crippen LogP contribution in [0.5, 0.6) is 0 Å². The first kappa shape index (κ1) is 14.5. The average molecular weight is 341 g/mol. The fraction of sp³-hybridized carbons (Fsp3) is 0.357. The predicted molar refractivity (Wildman–Crippen MR) is 83.3 cm³/mol. The number of halogens is 1. The lowest BCUT2D eigenvalue weighted by atomic mass is 9.94. The fourth-order valence-electron chi connectivity index (χ4n) is 1.50. The summed E-state index contributed by atoms with van der Waals surface area (Å²) >= 11 is 5.07. The summed E-state index contributed by atoms with van der Waals surface area (Å²) < 4.78 is 6.78. The maximum absolute atomic E-state index is 5.94. The molecule has 1 aromatic heterocycles. The van der Waals surface area contributed by atoms with Crippen LogP contribution in [0.25, 0.3) is 0 Å². The molecule has 0 aliphatic heterocycles. The Morgan fingerprint density at radius 2 is 2.11 bits per heavy atom. The van der Waals surface area contributed by atoms with Gasteiger partial charge in [-0.05, 0) is 18.2 Å². The normalized spacial score (nSPS) is 11.8. The Kier molecular flexibility index (Phi) is 4.26. The van der Waals surface area contributed by atoms with Crippen molar-refractivity contribution < 1.29 is 4.42 Å². The summed E-state index contributed by atoms with van der Waals surface area (Å²) in [5, 5.41) is 0. The Balaban J connectivity index is 2.06. The molecule has 0 bridgehead atoms. The molecule has 19 heavy (non-hydrogen) atoms. The van der Waals surface area contributed by atoms with E-state index < -0.39 is 0 Å². The van der Waals surface area contributed by atoms with Crippen molar-refractivity contribution in [1.29, 1.82) is 0 Å². The van der Waals surface area contributed by atoms with Crippen LogP contribution in [-0.2, 0) is 11.2 Å². The highest BCUT2D eigenvalue weighted by Gasteiger charge is 2.19. The first-order valence-corrected chi connectivity index (χ1v) is 7.77. The molecule has 0 unspecified atom stereocenters. The molecule has 102 valence electrons. The van der Waals surface area contributed by atoms with Crippen molar-refractivity contribution in [3.8, 4) is 0 Å². The van der Waals surface area contributed by atoms with Crippen LogP contribution in [-0.4, -0.2) is 4.98 Å². The van der Waals surface area contributed by atoms with Gasteiger partial charge in [0.1, 0.15) is 5.76 Å². The van der Waals surface area contributed by atoms with Crippen LogP contribution in [0.2, 0.25) is 0 Å². The number of oxazole rings is 1. The lowest BCUT2D eigenvalue weighted by Crippen LogP contribution is -2.09. The summed E-state index contributed by atoms with van der Waals surface area (Å²) in [6.07, 6.45) is 1.81. The van der Waals surface area contributed by atoms with Crippen LogP contribution in [0.4, 0.5) is 5.69 Å². The van der Waals surface area contributed by atoms with Gasteiger partial charge in [0.25, 0.3) is 0 Å². The van der Waals surface area contributed by atoms with Gasteiger partial charge in [-0.2, -0.15) is 0 Å². The maximum atomic E-state index is 5.94. The second-order valence-corrected chi connectivity index (χ2v) is 7.27. The minimum Gasteiger partial charge on any atom is -0.444 e. The molecular weight excluding hydrogens is 324 g/mol. The highest BCUT2D eigenvalue weighted by molar-refractivity contribution is 9.10. The highest BCUT2D eigenvalue weighted by Crippen LogP contribution is 2.31. The van der Waals surface area contributed by atoms with Gasteiger partial charge in [0.2, 0.25) is 5.89 Å². The summed E-state index contributed by atoms with van der Waals surface area (Å²) in [4.78, 5) is 5.34. The summed E-state index contributed by atoms with van der Waals surface area (Å²) in [5.74, 6) is 2.32.